The Morgan fingerprint density at radius 3 is 2.85 bits per heavy atom. The highest BCUT2D eigenvalue weighted by atomic mass is 16.5. The number of nitrogens with zero attached hydrogens (tertiary/aromatic N) is 3. The van der Waals surface area contributed by atoms with E-state index < -0.39 is 0 Å². The second kappa shape index (κ2) is 5.46. The van der Waals surface area contributed by atoms with Crippen LogP contribution in [-0.4, -0.2) is 33.7 Å². The van der Waals surface area contributed by atoms with Crippen LogP contribution in [0, 0.1) is 0 Å². The zero-order chi connectivity index (χ0) is 13.9. The van der Waals surface area contributed by atoms with Gasteiger partial charge in [0.25, 0.3) is 0 Å². The molecule has 1 aromatic carbocycles. The summed E-state index contributed by atoms with van der Waals surface area (Å²) in [6.07, 6.45) is 3.63. The predicted octanol–water partition coefficient (Wildman–Crippen LogP) is 1.52. The number of carbonyl (C=O) groups is 1. The Labute approximate surface area is 117 Å². The van der Waals surface area contributed by atoms with E-state index in [4.69, 9.17) is 4.74 Å². The Morgan fingerprint density at radius 1 is 1.35 bits per heavy atom. The lowest BCUT2D eigenvalue weighted by atomic mass is 10.1. The second-order valence-corrected chi connectivity index (χ2v) is 5.01. The van der Waals surface area contributed by atoms with E-state index in [9.17, 15) is 4.79 Å². The maximum absolute atomic E-state index is 12.0. The summed E-state index contributed by atoms with van der Waals surface area (Å²) in [5, 5.41) is 4.15. The number of hydrogen-bond donors (Lipinski definition) is 0. The molecule has 1 aliphatic rings. The normalized spacial score (nSPS) is 19.4. The van der Waals surface area contributed by atoms with Crippen LogP contribution in [0.5, 0.6) is 0 Å². The van der Waals surface area contributed by atoms with Gasteiger partial charge in [-0.3, -0.25) is 9.48 Å². The van der Waals surface area contributed by atoms with Crippen LogP contribution in [0.3, 0.4) is 0 Å². The molecular formula is C15H17N3O2. The molecule has 1 atom stereocenters. The first-order valence-corrected chi connectivity index (χ1v) is 6.64. The number of ether oxygens (including phenoxy) is 1. The fourth-order valence-corrected chi connectivity index (χ4v) is 2.38. The molecule has 2 heterocycles. The molecule has 104 valence electrons. The highest BCUT2D eigenvalue weighted by molar-refractivity contribution is 5.78. The third kappa shape index (κ3) is 2.72. The molecule has 0 N–H and O–H groups in total. The molecule has 1 amide bonds. The molecule has 1 fully saturated rings. The van der Waals surface area contributed by atoms with Gasteiger partial charge in [0, 0.05) is 25.4 Å². The van der Waals surface area contributed by atoms with Crippen LogP contribution < -0.4 is 0 Å². The van der Waals surface area contributed by atoms with Crippen molar-refractivity contribution in [3.8, 4) is 0 Å². The topological polar surface area (TPSA) is 47.4 Å². The van der Waals surface area contributed by atoms with E-state index in [1.54, 1.807) is 10.9 Å². The van der Waals surface area contributed by atoms with Crippen LogP contribution in [0.15, 0.2) is 42.7 Å². The Balaban J connectivity index is 1.72. The molecule has 0 saturated carbocycles. The molecule has 20 heavy (non-hydrogen) atoms. The quantitative estimate of drug-likeness (QED) is 0.850. The van der Waals surface area contributed by atoms with Crippen molar-refractivity contribution >= 4 is 5.91 Å². The lowest BCUT2D eigenvalue weighted by molar-refractivity contribution is -0.150. The number of benzene rings is 1. The summed E-state index contributed by atoms with van der Waals surface area (Å²) < 4.78 is 7.36. The molecule has 0 radical (unpaired) electrons. The number of aryl methyl sites for hydroxylation is 1. The Hall–Kier alpha value is -2.14. The molecule has 2 aromatic rings. The summed E-state index contributed by atoms with van der Waals surface area (Å²) in [4.78, 5) is 13.8. The van der Waals surface area contributed by atoms with Gasteiger partial charge in [-0.25, -0.2) is 0 Å². The van der Waals surface area contributed by atoms with Gasteiger partial charge in [0.2, 0.25) is 5.91 Å². The van der Waals surface area contributed by atoms with E-state index in [2.05, 4.69) is 5.10 Å². The third-order valence-electron chi connectivity index (χ3n) is 3.46. The molecule has 5 nitrogen and oxygen atoms in total. The molecule has 5 heteroatoms. The van der Waals surface area contributed by atoms with Gasteiger partial charge in [0.15, 0.2) is 0 Å². The van der Waals surface area contributed by atoms with Crippen molar-refractivity contribution in [1.82, 2.24) is 14.7 Å². The maximum Gasteiger partial charge on any atom is 0.249 e. The van der Waals surface area contributed by atoms with Crippen LogP contribution in [0.2, 0.25) is 0 Å². The maximum atomic E-state index is 12.0. The van der Waals surface area contributed by atoms with E-state index in [0.29, 0.717) is 13.1 Å². The predicted molar refractivity (Wildman–Crippen MR) is 73.8 cm³/mol. The van der Waals surface area contributed by atoms with Gasteiger partial charge in [0.05, 0.1) is 12.7 Å². The molecule has 0 spiro atoms. The molecule has 1 unspecified atom stereocenters. The fourth-order valence-electron chi connectivity index (χ4n) is 2.38. The summed E-state index contributed by atoms with van der Waals surface area (Å²) in [5.41, 5.74) is 2.14. The Kier molecular flexibility index (Phi) is 3.52. The molecular weight excluding hydrogens is 254 g/mol. The van der Waals surface area contributed by atoms with Gasteiger partial charge in [-0.1, -0.05) is 30.3 Å². The standard InChI is InChI=1S/C15H17N3O2/c1-17-9-13(7-16-17)14-10-18(15(19)11-20-14)8-12-5-3-2-4-6-12/h2-7,9,14H,8,10-11H2,1H3. The molecule has 3 rings (SSSR count). The van der Waals surface area contributed by atoms with Crippen LogP contribution in [0.1, 0.15) is 17.2 Å². The summed E-state index contributed by atoms with van der Waals surface area (Å²) in [7, 11) is 1.87. The van der Waals surface area contributed by atoms with Gasteiger partial charge in [0.1, 0.15) is 12.7 Å². The molecule has 0 aliphatic carbocycles. The first-order chi connectivity index (χ1) is 9.72. The summed E-state index contributed by atoms with van der Waals surface area (Å²) in [5.74, 6) is 0.0361. The van der Waals surface area contributed by atoms with E-state index in [0.717, 1.165) is 11.1 Å². The van der Waals surface area contributed by atoms with Gasteiger partial charge in [-0.15, -0.1) is 0 Å². The lowest BCUT2D eigenvalue weighted by Crippen LogP contribution is -2.42. The fraction of sp³-hybridized carbons (Fsp3) is 0.333. The van der Waals surface area contributed by atoms with Gasteiger partial charge in [-0.2, -0.15) is 5.10 Å². The zero-order valence-corrected chi connectivity index (χ0v) is 11.4. The second-order valence-electron chi connectivity index (χ2n) is 5.01. The molecule has 1 aromatic heterocycles. The summed E-state index contributed by atoms with van der Waals surface area (Å²) >= 11 is 0. The van der Waals surface area contributed by atoms with E-state index in [1.807, 2.05) is 48.5 Å². The van der Waals surface area contributed by atoms with Gasteiger partial charge < -0.3 is 9.64 Å². The van der Waals surface area contributed by atoms with Crippen molar-refractivity contribution in [3.05, 3.63) is 53.9 Å². The third-order valence-corrected chi connectivity index (χ3v) is 3.46. The number of carbonyl (C=O) groups excluding carboxylic acids is 1. The lowest BCUT2D eigenvalue weighted by Gasteiger charge is -2.32. The number of rotatable bonds is 3. The van der Waals surface area contributed by atoms with Crippen LogP contribution in [0.4, 0.5) is 0 Å². The zero-order valence-electron chi connectivity index (χ0n) is 11.4. The van der Waals surface area contributed by atoms with Crippen LogP contribution in [-0.2, 0) is 23.1 Å². The van der Waals surface area contributed by atoms with Crippen LogP contribution >= 0.6 is 0 Å². The monoisotopic (exact) mass is 271 g/mol. The first-order valence-electron chi connectivity index (χ1n) is 6.64. The number of morpholine rings is 1. The largest absolute Gasteiger partial charge is 0.362 e. The number of amides is 1. The summed E-state index contributed by atoms with van der Waals surface area (Å²) in [6.45, 7) is 1.33. The van der Waals surface area contributed by atoms with Crippen molar-refractivity contribution in [2.75, 3.05) is 13.2 Å². The average molecular weight is 271 g/mol. The highest BCUT2D eigenvalue weighted by Gasteiger charge is 2.28. The number of aromatic nitrogens is 2. The first kappa shape index (κ1) is 12.9. The highest BCUT2D eigenvalue weighted by Crippen LogP contribution is 2.23. The SMILES string of the molecule is Cn1cc(C2CN(Cc3ccccc3)C(=O)CO2)cn1. The number of hydrogen-bond acceptors (Lipinski definition) is 3. The van der Waals surface area contributed by atoms with E-state index in [-0.39, 0.29) is 18.6 Å². The van der Waals surface area contributed by atoms with Gasteiger partial charge in [-0.05, 0) is 5.56 Å². The minimum atomic E-state index is -0.0925. The Morgan fingerprint density at radius 2 is 2.15 bits per heavy atom. The summed E-state index contributed by atoms with van der Waals surface area (Å²) in [6, 6.07) is 10.0. The van der Waals surface area contributed by atoms with E-state index >= 15 is 0 Å². The van der Waals surface area contributed by atoms with Crippen molar-refractivity contribution in [2.45, 2.75) is 12.6 Å². The van der Waals surface area contributed by atoms with Crippen molar-refractivity contribution in [1.29, 1.82) is 0 Å². The average Bonchev–Trinajstić information content (AvgIpc) is 2.89. The molecule has 1 saturated heterocycles. The van der Waals surface area contributed by atoms with Crippen molar-refractivity contribution in [3.63, 3.8) is 0 Å². The van der Waals surface area contributed by atoms with Crippen molar-refractivity contribution < 1.29 is 9.53 Å². The van der Waals surface area contributed by atoms with Crippen molar-refractivity contribution in [2.24, 2.45) is 7.05 Å². The minimum absolute atomic E-state index is 0.0361. The Bertz CT molecular complexity index is 594. The van der Waals surface area contributed by atoms with E-state index in [1.165, 1.54) is 0 Å². The minimum Gasteiger partial charge on any atom is -0.362 e. The molecule has 1 aliphatic heterocycles. The van der Waals surface area contributed by atoms with Gasteiger partial charge >= 0.3 is 0 Å². The van der Waals surface area contributed by atoms with Crippen LogP contribution in [0.25, 0.3) is 0 Å². The smallest absolute Gasteiger partial charge is 0.249 e. The molecule has 0 bridgehead atoms.